The summed E-state index contributed by atoms with van der Waals surface area (Å²) < 4.78 is 28.3. The normalized spacial score (nSPS) is 17.8. The smallest absolute Gasteiger partial charge is 0.217 e. The van der Waals surface area contributed by atoms with Crippen molar-refractivity contribution >= 4 is 34.9 Å². The summed E-state index contributed by atoms with van der Waals surface area (Å²) in [5, 5.41) is 2.12. The molecule has 218 valence electrons. The molecule has 44 heavy (non-hydrogen) atoms. The molecule has 0 saturated heterocycles. The third-order valence-electron chi connectivity index (χ3n) is 8.12. The standard InChI is InChI=1S/C38H33N2O3P/c41-44(32-18-8-3-9-19-32,35-22-12-10-20-33(35)37-39-30(26-42-37)24-28-14-4-1-5-15-28)36-23-13-11-21-34(36)38-40-31(27-43-38)25-29-16-6-2-7-17-29/h1-23,30-31H,24-27H2/t30-,31-/m0/s1. The van der Waals surface area contributed by atoms with E-state index < -0.39 is 7.14 Å². The van der Waals surface area contributed by atoms with Crippen LogP contribution in [0.4, 0.5) is 0 Å². The molecule has 0 radical (unpaired) electrons. The van der Waals surface area contributed by atoms with Gasteiger partial charge in [0.25, 0.3) is 0 Å². The largest absolute Gasteiger partial charge is 0.475 e. The molecule has 7 rings (SSSR count). The Morgan fingerprint density at radius 3 is 1.36 bits per heavy atom. The molecule has 0 aromatic heterocycles. The predicted molar refractivity (Wildman–Crippen MR) is 179 cm³/mol. The van der Waals surface area contributed by atoms with Crippen molar-refractivity contribution in [3.05, 3.63) is 162 Å². The van der Waals surface area contributed by atoms with Crippen molar-refractivity contribution in [1.82, 2.24) is 0 Å². The summed E-state index contributed by atoms with van der Waals surface area (Å²) in [6.45, 7) is 0.969. The van der Waals surface area contributed by atoms with E-state index in [-0.39, 0.29) is 12.1 Å². The van der Waals surface area contributed by atoms with Crippen molar-refractivity contribution in [3.8, 4) is 0 Å². The Hall–Kier alpha value is -4.73. The Balaban J connectivity index is 1.30. The number of hydrogen-bond acceptors (Lipinski definition) is 5. The van der Waals surface area contributed by atoms with Gasteiger partial charge in [0.15, 0.2) is 7.14 Å². The first-order chi connectivity index (χ1) is 21.7. The molecule has 0 spiro atoms. The molecule has 5 aromatic rings. The zero-order chi connectivity index (χ0) is 29.8. The Labute approximate surface area is 258 Å². The van der Waals surface area contributed by atoms with Crippen LogP contribution in [0.15, 0.2) is 150 Å². The minimum Gasteiger partial charge on any atom is -0.475 e. The van der Waals surface area contributed by atoms with Gasteiger partial charge in [-0.3, -0.25) is 0 Å². The first-order valence-electron chi connectivity index (χ1n) is 15.0. The maximum atomic E-state index is 15.9. The van der Waals surface area contributed by atoms with Gasteiger partial charge in [0.05, 0.1) is 12.1 Å². The van der Waals surface area contributed by atoms with E-state index >= 15 is 4.57 Å². The SMILES string of the molecule is O=P(c1ccccc1)(c1ccccc1C1=N[C@@H](Cc2ccccc2)CO1)c1ccccc1C1=N[C@@H](Cc2ccccc2)CO1. The predicted octanol–water partition coefficient (Wildman–Crippen LogP) is 6.10. The molecule has 5 aromatic carbocycles. The average molecular weight is 597 g/mol. The zero-order valence-electron chi connectivity index (χ0n) is 24.3. The molecular weight excluding hydrogens is 563 g/mol. The van der Waals surface area contributed by atoms with Crippen molar-refractivity contribution in [1.29, 1.82) is 0 Å². The molecule has 2 heterocycles. The summed E-state index contributed by atoms with van der Waals surface area (Å²) in [4.78, 5) is 9.98. The van der Waals surface area contributed by atoms with Crippen LogP contribution in [0.5, 0.6) is 0 Å². The number of aliphatic imine (C=N–C) groups is 2. The summed E-state index contributed by atoms with van der Waals surface area (Å²) in [5.74, 6) is 1.07. The number of ether oxygens (including phenoxy) is 2. The van der Waals surface area contributed by atoms with Crippen molar-refractivity contribution < 1.29 is 14.0 Å². The van der Waals surface area contributed by atoms with Gasteiger partial charge >= 0.3 is 0 Å². The van der Waals surface area contributed by atoms with Crippen LogP contribution in [0, 0.1) is 0 Å². The Kier molecular flexibility index (Phi) is 7.96. The second-order valence-electron chi connectivity index (χ2n) is 11.2. The van der Waals surface area contributed by atoms with E-state index in [0.29, 0.717) is 35.6 Å². The van der Waals surface area contributed by atoms with E-state index in [1.54, 1.807) is 0 Å². The molecule has 0 amide bonds. The number of nitrogens with zero attached hydrogens (tertiary/aromatic N) is 2. The van der Waals surface area contributed by atoms with E-state index in [2.05, 4.69) is 24.3 Å². The maximum absolute atomic E-state index is 15.9. The second-order valence-corrected chi connectivity index (χ2v) is 13.9. The van der Waals surface area contributed by atoms with Crippen LogP contribution in [0.1, 0.15) is 22.3 Å². The van der Waals surface area contributed by atoms with Crippen LogP contribution >= 0.6 is 7.14 Å². The lowest BCUT2D eigenvalue weighted by molar-refractivity contribution is 0.317. The summed E-state index contributed by atoms with van der Waals surface area (Å²) in [6, 6.07) is 46.0. The zero-order valence-corrected chi connectivity index (χ0v) is 25.2. The van der Waals surface area contributed by atoms with Crippen LogP contribution in [0.2, 0.25) is 0 Å². The van der Waals surface area contributed by atoms with E-state index in [9.17, 15) is 0 Å². The van der Waals surface area contributed by atoms with Crippen LogP contribution in [-0.4, -0.2) is 37.1 Å². The van der Waals surface area contributed by atoms with Crippen molar-refractivity contribution in [2.75, 3.05) is 13.2 Å². The van der Waals surface area contributed by atoms with Crippen molar-refractivity contribution in [2.45, 2.75) is 24.9 Å². The van der Waals surface area contributed by atoms with E-state index in [0.717, 1.165) is 29.3 Å². The summed E-state index contributed by atoms with van der Waals surface area (Å²) in [7, 11) is -3.45. The lowest BCUT2D eigenvalue weighted by atomic mass is 10.1. The third-order valence-corrected chi connectivity index (χ3v) is 11.3. The van der Waals surface area contributed by atoms with Gasteiger partial charge in [0.1, 0.15) is 13.2 Å². The highest BCUT2D eigenvalue weighted by atomic mass is 31.2. The Morgan fingerprint density at radius 2 is 0.909 bits per heavy atom. The quantitative estimate of drug-likeness (QED) is 0.193. The first kappa shape index (κ1) is 28.1. The topological polar surface area (TPSA) is 60.2 Å². The number of hydrogen-bond donors (Lipinski definition) is 0. The third kappa shape index (κ3) is 5.64. The molecule has 5 nitrogen and oxygen atoms in total. The van der Waals surface area contributed by atoms with Crippen molar-refractivity contribution in [2.24, 2.45) is 9.98 Å². The Morgan fingerprint density at radius 1 is 0.523 bits per heavy atom. The van der Waals surface area contributed by atoms with Gasteiger partial charge in [0.2, 0.25) is 11.8 Å². The summed E-state index contributed by atoms with van der Waals surface area (Å²) in [5.41, 5.74) is 3.93. The molecular formula is C38H33N2O3P. The van der Waals surface area contributed by atoms with Gasteiger partial charge < -0.3 is 14.0 Å². The van der Waals surface area contributed by atoms with E-state index in [1.165, 1.54) is 11.1 Å². The summed E-state index contributed by atoms with van der Waals surface area (Å²) in [6.07, 6.45) is 1.57. The molecule has 6 heteroatoms. The van der Waals surface area contributed by atoms with Crippen molar-refractivity contribution in [3.63, 3.8) is 0 Å². The highest BCUT2D eigenvalue weighted by molar-refractivity contribution is 7.85. The minimum atomic E-state index is -3.45. The average Bonchev–Trinajstić information content (AvgIpc) is 3.76. The molecule has 0 aliphatic carbocycles. The van der Waals surface area contributed by atoms with E-state index in [4.69, 9.17) is 19.5 Å². The van der Waals surface area contributed by atoms with Gasteiger partial charge in [-0.2, -0.15) is 0 Å². The molecule has 0 unspecified atom stereocenters. The number of benzene rings is 5. The van der Waals surface area contributed by atoms with Gasteiger partial charge in [0, 0.05) is 27.0 Å². The van der Waals surface area contributed by atoms with Crippen LogP contribution in [0.3, 0.4) is 0 Å². The second kappa shape index (κ2) is 12.5. The lowest BCUT2D eigenvalue weighted by Gasteiger charge is -2.24. The molecule has 2 aliphatic rings. The highest BCUT2D eigenvalue weighted by Gasteiger charge is 2.38. The molecule has 2 aliphatic heterocycles. The van der Waals surface area contributed by atoms with Gasteiger partial charge in [-0.25, -0.2) is 9.98 Å². The van der Waals surface area contributed by atoms with Gasteiger partial charge in [-0.05, 0) is 36.1 Å². The van der Waals surface area contributed by atoms with Crippen LogP contribution in [-0.2, 0) is 26.9 Å². The fraction of sp³-hybridized carbons (Fsp3) is 0.158. The van der Waals surface area contributed by atoms with E-state index in [1.807, 2.05) is 115 Å². The Bertz CT molecular complexity index is 1740. The molecule has 0 fully saturated rings. The van der Waals surface area contributed by atoms with Gasteiger partial charge in [-0.1, -0.05) is 127 Å². The fourth-order valence-electron chi connectivity index (χ4n) is 6.01. The monoisotopic (exact) mass is 596 g/mol. The minimum absolute atomic E-state index is 0.00774. The van der Waals surface area contributed by atoms with Gasteiger partial charge in [-0.15, -0.1) is 0 Å². The number of rotatable bonds is 9. The highest BCUT2D eigenvalue weighted by Crippen LogP contribution is 2.45. The molecule has 0 N–H and O–H groups in total. The molecule has 0 saturated carbocycles. The lowest BCUT2D eigenvalue weighted by Crippen LogP contribution is -2.32. The van der Waals surface area contributed by atoms with Crippen LogP contribution < -0.4 is 15.9 Å². The maximum Gasteiger partial charge on any atom is 0.217 e. The summed E-state index contributed by atoms with van der Waals surface area (Å²) >= 11 is 0. The molecule has 2 atom stereocenters. The fourth-order valence-corrected chi connectivity index (χ4v) is 9.03. The molecule has 0 bridgehead atoms. The first-order valence-corrected chi connectivity index (χ1v) is 16.7. The van der Waals surface area contributed by atoms with Crippen LogP contribution in [0.25, 0.3) is 0 Å².